The van der Waals surface area contributed by atoms with Gasteiger partial charge in [0, 0.05) is 10.9 Å². The van der Waals surface area contributed by atoms with Gasteiger partial charge in [-0.25, -0.2) is 4.79 Å². The Hall–Kier alpha value is -0.0200. The highest BCUT2D eigenvalue weighted by molar-refractivity contribution is 9.09. The Kier molecular flexibility index (Phi) is 6.66. The predicted molar refractivity (Wildman–Crippen MR) is 49.2 cm³/mol. The number of carbonyl (C=O) groups is 1. The predicted octanol–water partition coefficient (Wildman–Crippen LogP) is 2.11. The first kappa shape index (κ1) is 11.0. The summed E-state index contributed by atoms with van der Waals surface area (Å²) < 4.78 is 4.71. The van der Waals surface area contributed by atoms with Crippen LogP contribution in [-0.2, 0) is 9.53 Å². The number of carbonyl (C=O) groups excluding carboxylic acids is 1. The van der Waals surface area contributed by atoms with E-state index in [-0.39, 0.29) is 12.6 Å². The minimum Gasteiger partial charge on any atom is -0.461 e. The number of alkyl halides is 2. The van der Waals surface area contributed by atoms with E-state index in [4.69, 9.17) is 16.3 Å². The highest BCUT2D eigenvalue weighted by Crippen LogP contribution is 2.03. The van der Waals surface area contributed by atoms with Crippen molar-refractivity contribution in [3.63, 3.8) is 0 Å². The SMILES string of the molecule is C=C(CCBr)C(=O)OCCCl. The van der Waals surface area contributed by atoms with E-state index in [0.717, 1.165) is 5.33 Å². The molecular weight excluding hydrogens is 231 g/mol. The van der Waals surface area contributed by atoms with Gasteiger partial charge in [-0.2, -0.15) is 0 Å². The number of ether oxygens (including phenoxy) is 1. The Labute approximate surface area is 79.7 Å². The maximum Gasteiger partial charge on any atom is 0.333 e. The summed E-state index contributed by atoms with van der Waals surface area (Å²) in [5, 5.41) is 0.724. The van der Waals surface area contributed by atoms with Gasteiger partial charge in [-0.3, -0.25) is 0 Å². The number of hydrogen-bond acceptors (Lipinski definition) is 2. The first-order valence-electron chi connectivity index (χ1n) is 3.19. The second kappa shape index (κ2) is 6.68. The van der Waals surface area contributed by atoms with E-state index in [1.54, 1.807) is 0 Å². The molecular formula is C7H10BrClO2. The van der Waals surface area contributed by atoms with Crippen molar-refractivity contribution >= 4 is 33.5 Å². The lowest BCUT2D eigenvalue weighted by molar-refractivity contribution is -0.138. The van der Waals surface area contributed by atoms with Crippen LogP contribution in [-0.4, -0.2) is 23.8 Å². The van der Waals surface area contributed by atoms with Crippen LogP contribution < -0.4 is 0 Å². The molecule has 2 nitrogen and oxygen atoms in total. The summed E-state index contributed by atoms with van der Waals surface area (Å²) in [4.78, 5) is 10.9. The highest BCUT2D eigenvalue weighted by atomic mass is 79.9. The monoisotopic (exact) mass is 240 g/mol. The van der Waals surface area contributed by atoms with E-state index >= 15 is 0 Å². The van der Waals surface area contributed by atoms with Gasteiger partial charge in [0.05, 0.1) is 5.88 Å². The van der Waals surface area contributed by atoms with Crippen LogP contribution in [0.1, 0.15) is 6.42 Å². The van der Waals surface area contributed by atoms with Gasteiger partial charge in [-0.1, -0.05) is 22.5 Å². The lowest BCUT2D eigenvalue weighted by Gasteiger charge is -2.02. The molecule has 0 saturated heterocycles. The van der Waals surface area contributed by atoms with Gasteiger partial charge in [0.25, 0.3) is 0 Å². The zero-order valence-corrected chi connectivity index (χ0v) is 8.45. The van der Waals surface area contributed by atoms with E-state index in [1.165, 1.54) is 0 Å². The Morgan fingerprint density at radius 1 is 1.64 bits per heavy atom. The maximum atomic E-state index is 10.9. The molecule has 0 atom stereocenters. The molecule has 0 amide bonds. The van der Waals surface area contributed by atoms with Crippen molar-refractivity contribution in [3.8, 4) is 0 Å². The third-order valence-electron chi connectivity index (χ3n) is 0.995. The van der Waals surface area contributed by atoms with Crippen LogP contribution in [0.25, 0.3) is 0 Å². The van der Waals surface area contributed by atoms with Gasteiger partial charge in [-0.05, 0) is 6.42 Å². The van der Waals surface area contributed by atoms with Gasteiger partial charge in [0.2, 0.25) is 0 Å². The third kappa shape index (κ3) is 5.27. The molecule has 0 aromatic heterocycles. The van der Waals surface area contributed by atoms with Crippen molar-refractivity contribution in [2.75, 3.05) is 17.8 Å². The molecule has 0 heterocycles. The Balaban J connectivity index is 3.56. The molecule has 0 spiro atoms. The quantitative estimate of drug-likeness (QED) is 0.419. The van der Waals surface area contributed by atoms with Crippen molar-refractivity contribution < 1.29 is 9.53 Å². The lowest BCUT2D eigenvalue weighted by atomic mass is 10.2. The smallest absolute Gasteiger partial charge is 0.333 e. The standard InChI is InChI=1S/C7H10BrClO2/c1-6(2-3-8)7(10)11-5-4-9/h1-5H2. The molecule has 0 fully saturated rings. The molecule has 0 aromatic carbocycles. The van der Waals surface area contributed by atoms with E-state index in [9.17, 15) is 4.79 Å². The minimum absolute atomic E-state index is 0.252. The fourth-order valence-electron chi connectivity index (χ4n) is 0.449. The summed E-state index contributed by atoms with van der Waals surface area (Å²) in [6, 6.07) is 0. The largest absolute Gasteiger partial charge is 0.461 e. The molecule has 0 aliphatic heterocycles. The second-order valence-corrected chi connectivity index (χ2v) is 3.04. The van der Waals surface area contributed by atoms with E-state index < -0.39 is 0 Å². The normalized spacial score (nSPS) is 9.27. The Morgan fingerprint density at radius 2 is 2.27 bits per heavy atom. The molecule has 4 heteroatoms. The third-order valence-corrected chi connectivity index (χ3v) is 1.55. The van der Waals surface area contributed by atoms with E-state index in [2.05, 4.69) is 22.5 Å². The topological polar surface area (TPSA) is 26.3 Å². The fourth-order valence-corrected chi connectivity index (χ4v) is 1.01. The van der Waals surface area contributed by atoms with Crippen LogP contribution in [0.15, 0.2) is 12.2 Å². The second-order valence-electron chi connectivity index (χ2n) is 1.87. The van der Waals surface area contributed by atoms with Crippen LogP contribution in [0, 0.1) is 0 Å². The molecule has 0 aromatic rings. The van der Waals surface area contributed by atoms with Crippen molar-refractivity contribution in [2.45, 2.75) is 6.42 Å². The van der Waals surface area contributed by atoms with E-state index in [1.807, 2.05) is 0 Å². The zero-order valence-electron chi connectivity index (χ0n) is 6.11. The number of esters is 1. The first-order chi connectivity index (χ1) is 5.22. The zero-order chi connectivity index (χ0) is 8.69. The van der Waals surface area contributed by atoms with Crippen LogP contribution >= 0.6 is 27.5 Å². The number of halogens is 2. The minimum atomic E-state index is -0.356. The van der Waals surface area contributed by atoms with Gasteiger partial charge in [0.15, 0.2) is 0 Å². The fraction of sp³-hybridized carbons (Fsp3) is 0.571. The summed E-state index contributed by atoms with van der Waals surface area (Å²) in [6.07, 6.45) is 0.612. The molecule has 11 heavy (non-hydrogen) atoms. The molecule has 64 valence electrons. The van der Waals surface area contributed by atoms with Crippen molar-refractivity contribution in [1.82, 2.24) is 0 Å². The average Bonchev–Trinajstić information content (AvgIpc) is 2.00. The highest BCUT2D eigenvalue weighted by Gasteiger charge is 2.05. The van der Waals surface area contributed by atoms with Crippen molar-refractivity contribution in [2.24, 2.45) is 0 Å². The molecule has 0 bridgehead atoms. The van der Waals surface area contributed by atoms with Crippen LogP contribution in [0.4, 0.5) is 0 Å². The summed E-state index contributed by atoms with van der Waals surface area (Å²) in [6.45, 7) is 3.80. The van der Waals surface area contributed by atoms with Gasteiger partial charge < -0.3 is 4.74 Å². The average molecular weight is 242 g/mol. The molecule has 0 aliphatic carbocycles. The first-order valence-corrected chi connectivity index (χ1v) is 4.84. The number of hydrogen-bond donors (Lipinski definition) is 0. The Morgan fingerprint density at radius 3 is 2.73 bits per heavy atom. The van der Waals surface area contributed by atoms with Gasteiger partial charge in [-0.15, -0.1) is 11.6 Å². The van der Waals surface area contributed by atoms with Gasteiger partial charge in [0.1, 0.15) is 6.61 Å². The molecule has 0 unspecified atom stereocenters. The Bertz CT molecular complexity index is 147. The van der Waals surface area contributed by atoms with Crippen molar-refractivity contribution in [3.05, 3.63) is 12.2 Å². The lowest BCUT2D eigenvalue weighted by Crippen LogP contribution is -2.09. The van der Waals surface area contributed by atoms with Crippen LogP contribution in [0.2, 0.25) is 0 Å². The van der Waals surface area contributed by atoms with Crippen LogP contribution in [0.5, 0.6) is 0 Å². The summed E-state index contributed by atoms with van der Waals surface area (Å²) in [5.41, 5.74) is 0.479. The van der Waals surface area contributed by atoms with Gasteiger partial charge >= 0.3 is 5.97 Å². The molecule has 0 rings (SSSR count). The number of rotatable bonds is 5. The summed E-state index contributed by atoms with van der Waals surface area (Å²) in [5.74, 6) is -0.0297. The molecule has 0 saturated carbocycles. The van der Waals surface area contributed by atoms with E-state index in [0.29, 0.717) is 17.9 Å². The molecule has 0 N–H and O–H groups in total. The van der Waals surface area contributed by atoms with Crippen LogP contribution in [0.3, 0.4) is 0 Å². The summed E-state index contributed by atoms with van der Waals surface area (Å²) >= 11 is 8.50. The molecule has 0 radical (unpaired) electrons. The summed E-state index contributed by atoms with van der Waals surface area (Å²) in [7, 11) is 0. The molecule has 0 aliphatic rings. The van der Waals surface area contributed by atoms with Crippen molar-refractivity contribution in [1.29, 1.82) is 0 Å². The maximum absolute atomic E-state index is 10.9.